The molecular weight excluding hydrogens is 246 g/mol. The van der Waals surface area contributed by atoms with Gasteiger partial charge in [0.05, 0.1) is 22.7 Å². The Balaban J connectivity index is 1.67. The zero-order chi connectivity index (χ0) is 13.3. The van der Waals surface area contributed by atoms with Crippen molar-refractivity contribution in [2.75, 3.05) is 0 Å². The summed E-state index contributed by atoms with van der Waals surface area (Å²) in [5.41, 5.74) is 2.98. The summed E-state index contributed by atoms with van der Waals surface area (Å²) < 4.78 is 2.49. The average Bonchev–Trinajstić information content (AvgIpc) is 3.38. The van der Waals surface area contributed by atoms with Crippen molar-refractivity contribution in [3.8, 4) is 6.07 Å². The molecule has 0 amide bonds. The van der Waals surface area contributed by atoms with Gasteiger partial charge in [0.1, 0.15) is 5.82 Å². The zero-order valence-electron chi connectivity index (χ0n) is 11.4. The molecule has 0 saturated heterocycles. The van der Waals surface area contributed by atoms with Gasteiger partial charge in [-0.1, -0.05) is 0 Å². The molecule has 100 valence electrons. The van der Waals surface area contributed by atoms with Crippen molar-refractivity contribution < 1.29 is 0 Å². The molecule has 3 nitrogen and oxygen atoms in total. The fourth-order valence-corrected chi connectivity index (χ4v) is 4.12. The maximum atomic E-state index is 9.06. The smallest absolute Gasteiger partial charge is 0.113 e. The predicted molar refractivity (Wildman–Crippen MR) is 76.3 cm³/mol. The minimum atomic E-state index is 0.664. The maximum absolute atomic E-state index is 9.06. The predicted octanol–water partition coefficient (Wildman–Crippen LogP) is 3.76. The monoisotopic (exact) mass is 263 g/mol. The lowest BCUT2D eigenvalue weighted by Gasteiger charge is -2.14. The van der Waals surface area contributed by atoms with Gasteiger partial charge in [-0.3, -0.25) is 0 Å². The third-order valence-corrected chi connectivity index (χ3v) is 5.37. The van der Waals surface area contributed by atoms with Gasteiger partial charge in [-0.15, -0.1) is 0 Å². The van der Waals surface area contributed by atoms with Gasteiger partial charge in [-0.25, -0.2) is 4.98 Å². The van der Waals surface area contributed by atoms with Gasteiger partial charge in [0, 0.05) is 12.0 Å². The van der Waals surface area contributed by atoms with E-state index in [1.165, 1.54) is 43.4 Å². The molecule has 1 heterocycles. The van der Waals surface area contributed by atoms with Crippen LogP contribution in [0.15, 0.2) is 18.2 Å². The molecule has 0 aliphatic heterocycles. The first kappa shape index (κ1) is 10.9. The van der Waals surface area contributed by atoms with E-state index in [2.05, 4.69) is 16.7 Å². The molecule has 0 N–H and O–H groups in total. The topological polar surface area (TPSA) is 41.6 Å². The Morgan fingerprint density at radius 1 is 1.15 bits per heavy atom. The molecule has 1 aromatic carbocycles. The lowest BCUT2D eigenvalue weighted by molar-refractivity contribution is 0.552. The molecule has 3 heteroatoms. The number of hydrogen-bond donors (Lipinski definition) is 0. The van der Waals surface area contributed by atoms with Crippen LogP contribution >= 0.6 is 0 Å². The number of benzene rings is 1. The van der Waals surface area contributed by atoms with Gasteiger partial charge >= 0.3 is 0 Å². The van der Waals surface area contributed by atoms with E-state index in [0.717, 1.165) is 22.9 Å². The van der Waals surface area contributed by atoms with E-state index < -0.39 is 0 Å². The van der Waals surface area contributed by atoms with Gasteiger partial charge < -0.3 is 4.57 Å². The van der Waals surface area contributed by atoms with E-state index in [9.17, 15) is 0 Å². The van der Waals surface area contributed by atoms with Crippen molar-refractivity contribution in [1.82, 2.24) is 9.55 Å². The van der Waals surface area contributed by atoms with Crippen LogP contribution in [-0.2, 0) is 0 Å². The van der Waals surface area contributed by atoms with E-state index in [4.69, 9.17) is 10.2 Å². The number of nitrogens with zero attached hydrogens (tertiary/aromatic N) is 3. The lowest BCUT2D eigenvalue weighted by atomic mass is 10.0. The van der Waals surface area contributed by atoms with Crippen molar-refractivity contribution >= 4 is 11.0 Å². The molecule has 3 fully saturated rings. The molecule has 2 aromatic rings. The zero-order valence-corrected chi connectivity index (χ0v) is 11.4. The molecule has 1 aromatic heterocycles. The van der Waals surface area contributed by atoms with Crippen LogP contribution in [0.4, 0.5) is 0 Å². The highest BCUT2D eigenvalue weighted by Gasteiger charge is 2.48. The van der Waals surface area contributed by atoms with E-state index >= 15 is 0 Å². The van der Waals surface area contributed by atoms with Crippen LogP contribution in [0.3, 0.4) is 0 Å². The molecular formula is C17H17N3. The number of rotatable bonds is 2. The number of aromatic nitrogens is 2. The largest absolute Gasteiger partial charge is 0.325 e. The Kier molecular flexibility index (Phi) is 1.98. The molecule has 3 saturated carbocycles. The fourth-order valence-electron chi connectivity index (χ4n) is 4.12. The van der Waals surface area contributed by atoms with Crippen LogP contribution in [0.1, 0.15) is 55.5 Å². The quantitative estimate of drug-likeness (QED) is 0.828. The van der Waals surface area contributed by atoms with Gasteiger partial charge in [0.15, 0.2) is 0 Å². The second-order valence-electron chi connectivity index (χ2n) is 6.81. The number of imidazole rings is 1. The second kappa shape index (κ2) is 3.63. The van der Waals surface area contributed by atoms with Gasteiger partial charge in [-0.2, -0.15) is 5.26 Å². The van der Waals surface area contributed by atoms with Crippen molar-refractivity contribution in [2.45, 2.75) is 44.1 Å². The maximum Gasteiger partial charge on any atom is 0.113 e. The van der Waals surface area contributed by atoms with Gasteiger partial charge in [-0.05, 0) is 62.1 Å². The highest BCUT2D eigenvalue weighted by Crippen LogP contribution is 2.58. The number of fused-ring (bicyclic) bond motifs is 2. The standard InChI is InChI=1S/C17H17N3/c18-9-10-1-4-16-15(5-10)19-17(20(16)14-2-3-14)13-7-11-6-12(11)8-13/h1,4-5,11-14H,2-3,6-8H2. The molecule has 20 heavy (non-hydrogen) atoms. The number of nitriles is 1. The Hall–Kier alpha value is -1.82. The molecule has 0 spiro atoms. The summed E-state index contributed by atoms with van der Waals surface area (Å²) in [6, 6.07) is 8.87. The molecule has 0 bridgehead atoms. The minimum Gasteiger partial charge on any atom is -0.325 e. The van der Waals surface area contributed by atoms with Crippen LogP contribution in [-0.4, -0.2) is 9.55 Å². The molecule has 2 atom stereocenters. The van der Waals surface area contributed by atoms with E-state index in [-0.39, 0.29) is 0 Å². The summed E-state index contributed by atoms with van der Waals surface area (Å²) in [4.78, 5) is 4.93. The van der Waals surface area contributed by atoms with Crippen molar-refractivity contribution in [3.63, 3.8) is 0 Å². The fraction of sp³-hybridized carbons (Fsp3) is 0.529. The first-order valence-electron chi connectivity index (χ1n) is 7.75. The lowest BCUT2D eigenvalue weighted by Crippen LogP contribution is -2.07. The SMILES string of the molecule is N#Cc1ccc2c(c1)nc(C1CC3CC3C1)n2C1CC1. The summed E-state index contributed by atoms with van der Waals surface area (Å²) in [7, 11) is 0. The van der Waals surface area contributed by atoms with E-state index in [1.54, 1.807) is 0 Å². The number of hydrogen-bond acceptors (Lipinski definition) is 2. The Bertz CT molecular complexity index is 737. The first-order chi connectivity index (χ1) is 9.83. The third kappa shape index (κ3) is 1.48. The average molecular weight is 263 g/mol. The molecule has 5 rings (SSSR count). The van der Waals surface area contributed by atoms with Crippen LogP contribution in [0.2, 0.25) is 0 Å². The summed E-state index contributed by atoms with van der Waals surface area (Å²) in [6.45, 7) is 0. The Morgan fingerprint density at radius 3 is 2.65 bits per heavy atom. The van der Waals surface area contributed by atoms with Gasteiger partial charge in [0.25, 0.3) is 0 Å². The minimum absolute atomic E-state index is 0.664. The molecule has 3 aliphatic rings. The molecule has 2 unspecified atom stereocenters. The second-order valence-corrected chi connectivity index (χ2v) is 6.81. The van der Waals surface area contributed by atoms with E-state index in [1.807, 2.05) is 12.1 Å². The Labute approximate surface area is 118 Å². The van der Waals surface area contributed by atoms with Crippen LogP contribution in [0.5, 0.6) is 0 Å². The summed E-state index contributed by atoms with van der Waals surface area (Å²) in [5, 5.41) is 9.06. The Morgan fingerprint density at radius 2 is 1.95 bits per heavy atom. The third-order valence-electron chi connectivity index (χ3n) is 5.37. The van der Waals surface area contributed by atoms with Gasteiger partial charge in [0.2, 0.25) is 0 Å². The van der Waals surface area contributed by atoms with Crippen LogP contribution in [0.25, 0.3) is 11.0 Å². The van der Waals surface area contributed by atoms with Crippen molar-refractivity contribution in [2.24, 2.45) is 11.8 Å². The normalized spacial score (nSPS) is 31.2. The summed E-state index contributed by atoms with van der Waals surface area (Å²) in [5.74, 6) is 3.95. The van der Waals surface area contributed by atoms with Crippen molar-refractivity contribution in [3.05, 3.63) is 29.6 Å². The van der Waals surface area contributed by atoms with E-state index in [0.29, 0.717) is 12.0 Å². The van der Waals surface area contributed by atoms with Crippen LogP contribution in [0, 0.1) is 23.2 Å². The summed E-state index contributed by atoms with van der Waals surface area (Å²) >= 11 is 0. The van der Waals surface area contributed by atoms with Crippen molar-refractivity contribution in [1.29, 1.82) is 5.26 Å². The first-order valence-corrected chi connectivity index (χ1v) is 7.75. The van der Waals surface area contributed by atoms with Crippen LogP contribution < -0.4 is 0 Å². The summed E-state index contributed by atoms with van der Waals surface area (Å²) in [6.07, 6.45) is 6.71. The highest BCUT2D eigenvalue weighted by atomic mass is 15.1. The molecule has 0 radical (unpaired) electrons. The molecule has 3 aliphatic carbocycles. The highest BCUT2D eigenvalue weighted by molar-refractivity contribution is 5.78.